The highest BCUT2D eigenvalue weighted by atomic mass is 32.2. The molecular weight excluding hydrogens is 330 g/mol. The van der Waals surface area contributed by atoms with E-state index in [9.17, 15) is 14.4 Å². The Morgan fingerprint density at radius 3 is 2.67 bits per heavy atom. The molecule has 2 rings (SSSR count). The van der Waals surface area contributed by atoms with Crippen molar-refractivity contribution in [2.75, 3.05) is 6.61 Å². The van der Waals surface area contributed by atoms with Gasteiger partial charge in [-0.15, -0.1) is 11.8 Å². The molecule has 0 aliphatic carbocycles. The van der Waals surface area contributed by atoms with Gasteiger partial charge in [0.05, 0.1) is 17.4 Å². The zero-order valence-electron chi connectivity index (χ0n) is 13.3. The van der Waals surface area contributed by atoms with Gasteiger partial charge in [-0.2, -0.15) is 0 Å². The largest absolute Gasteiger partial charge is 0.480 e. The predicted octanol–water partition coefficient (Wildman–Crippen LogP) is 2.29. The van der Waals surface area contributed by atoms with Crippen LogP contribution in [0.4, 0.5) is 0 Å². The number of hydrogen-bond donors (Lipinski definition) is 1. The fourth-order valence-corrected chi connectivity index (χ4v) is 3.57. The van der Waals surface area contributed by atoms with Crippen molar-refractivity contribution in [2.24, 2.45) is 0 Å². The van der Waals surface area contributed by atoms with Gasteiger partial charge in [0, 0.05) is 5.75 Å². The molecule has 24 heavy (non-hydrogen) atoms. The van der Waals surface area contributed by atoms with Crippen LogP contribution in [0.5, 0.6) is 0 Å². The van der Waals surface area contributed by atoms with E-state index in [1.54, 1.807) is 12.1 Å². The third-order valence-electron chi connectivity index (χ3n) is 3.69. The molecule has 1 aromatic carbocycles. The molecule has 1 amide bonds. The van der Waals surface area contributed by atoms with Gasteiger partial charge in [-0.3, -0.25) is 4.79 Å². The van der Waals surface area contributed by atoms with Crippen molar-refractivity contribution in [3.63, 3.8) is 0 Å². The molecule has 128 valence electrons. The van der Waals surface area contributed by atoms with Gasteiger partial charge in [0.2, 0.25) is 5.91 Å². The smallest absolute Gasteiger partial charge is 0.338 e. The molecule has 0 aromatic heterocycles. The Morgan fingerprint density at radius 1 is 1.46 bits per heavy atom. The van der Waals surface area contributed by atoms with Gasteiger partial charge < -0.3 is 14.7 Å². The number of carbonyl (C=O) groups is 3. The second kappa shape index (κ2) is 8.01. The second-order valence-electron chi connectivity index (χ2n) is 5.37. The summed E-state index contributed by atoms with van der Waals surface area (Å²) in [5.41, 5.74) is 1.45. The van der Waals surface area contributed by atoms with Gasteiger partial charge in [-0.05, 0) is 24.6 Å². The first-order chi connectivity index (χ1) is 11.4. The standard InChI is InChI=1S/C17H19NO5S/c1-3-8-23-17(22)13-6-4-12(5-7-13)10-24-15-9-14(19)18(15)11(2)16(20)21/h3-7,11,15H,1,8-10H2,2H3,(H,20,21)/t11-,15-/m1/s1. The summed E-state index contributed by atoms with van der Waals surface area (Å²) in [6.07, 6.45) is 1.86. The summed E-state index contributed by atoms with van der Waals surface area (Å²) < 4.78 is 4.95. The topological polar surface area (TPSA) is 83.9 Å². The Labute approximate surface area is 144 Å². The zero-order chi connectivity index (χ0) is 17.7. The molecule has 1 aromatic rings. The van der Waals surface area contributed by atoms with Crippen LogP contribution in [0.15, 0.2) is 36.9 Å². The summed E-state index contributed by atoms with van der Waals surface area (Å²) >= 11 is 1.51. The van der Waals surface area contributed by atoms with Gasteiger partial charge >= 0.3 is 11.9 Å². The van der Waals surface area contributed by atoms with E-state index >= 15 is 0 Å². The number of carboxylic acids is 1. The van der Waals surface area contributed by atoms with Crippen LogP contribution in [-0.2, 0) is 20.1 Å². The Bertz CT molecular complexity index is 643. The van der Waals surface area contributed by atoms with Gasteiger partial charge in [-0.25, -0.2) is 9.59 Å². The minimum Gasteiger partial charge on any atom is -0.480 e. The predicted molar refractivity (Wildman–Crippen MR) is 90.6 cm³/mol. The van der Waals surface area contributed by atoms with Crippen LogP contribution < -0.4 is 0 Å². The zero-order valence-corrected chi connectivity index (χ0v) is 14.1. The lowest BCUT2D eigenvalue weighted by molar-refractivity contribution is -0.156. The van der Waals surface area contributed by atoms with E-state index in [0.717, 1.165) is 5.56 Å². The van der Waals surface area contributed by atoms with Crippen LogP contribution in [0.2, 0.25) is 0 Å². The Balaban J connectivity index is 1.88. The van der Waals surface area contributed by atoms with E-state index in [1.807, 2.05) is 12.1 Å². The van der Waals surface area contributed by atoms with Crippen molar-refractivity contribution < 1.29 is 24.2 Å². The molecule has 6 nitrogen and oxygen atoms in total. The number of rotatable bonds is 8. The van der Waals surface area contributed by atoms with Crippen LogP contribution >= 0.6 is 11.8 Å². The third-order valence-corrected chi connectivity index (χ3v) is 4.96. The van der Waals surface area contributed by atoms with Crippen LogP contribution in [0.3, 0.4) is 0 Å². The van der Waals surface area contributed by atoms with Gasteiger partial charge in [0.25, 0.3) is 0 Å². The highest BCUT2D eigenvalue weighted by Crippen LogP contribution is 2.33. The lowest BCUT2D eigenvalue weighted by atomic mass is 10.1. The monoisotopic (exact) mass is 349 g/mol. The van der Waals surface area contributed by atoms with Gasteiger partial charge in [0.15, 0.2) is 0 Å². The van der Waals surface area contributed by atoms with Gasteiger partial charge in [-0.1, -0.05) is 24.8 Å². The molecule has 0 radical (unpaired) electrons. The average Bonchev–Trinajstić information content (AvgIpc) is 2.56. The number of ether oxygens (including phenoxy) is 1. The molecular formula is C17H19NO5S. The van der Waals surface area contributed by atoms with E-state index < -0.39 is 18.0 Å². The van der Waals surface area contributed by atoms with Crippen LogP contribution in [-0.4, -0.2) is 45.9 Å². The molecule has 1 saturated heterocycles. The van der Waals surface area contributed by atoms with Crippen LogP contribution in [0.25, 0.3) is 0 Å². The fraction of sp³-hybridized carbons (Fsp3) is 0.353. The van der Waals surface area contributed by atoms with Crippen molar-refractivity contribution in [2.45, 2.75) is 30.5 Å². The van der Waals surface area contributed by atoms with Crippen molar-refractivity contribution in [3.05, 3.63) is 48.0 Å². The second-order valence-corrected chi connectivity index (χ2v) is 6.54. The molecule has 1 fully saturated rings. The number of β-lactam (4-membered cyclic amide) rings is 1. The van der Waals surface area contributed by atoms with Crippen LogP contribution in [0, 0.1) is 0 Å². The van der Waals surface area contributed by atoms with Gasteiger partial charge in [0.1, 0.15) is 12.6 Å². The summed E-state index contributed by atoms with van der Waals surface area (Å²) in [4.78, 5) is 35.7. The highest BCUT2D eigenvalue weighted by molar-refractivity contribution is 7.99. The number of aliphatic carboxylic acids is 1. The number of carboxylic acid groups (broad SMARTS) is 1. The molecule has 2 atom stereocenters. The number of nitrogens with zero attached hydrogens (tertiary/aromatic N) is 1. The number of benzene rings is 1. The summed E-state index contributed by atoms with van der Waals surface area (Å²) in [6.45, 7) is 5.17. The number of esters is 1. The fourth-order valence-electron chi connectivity index (χ4n) is 2.27. The Hall–Kier alpha value is -2.28. The highest BCUT2D eigenvalue weighted by Gasteiger charge is 2.41. The summed E-state index contributed by atoms with van der Waals surface area (Å²) in [5, 5.41) is 8.91. The van der Waals surface area contributed by atoms with E-state index in [2.05, 4.69) is 6.58 Å². The number of hydrogen-bond acceptors (Lipinski definition) is 5. The molecule has 0 bridgehead atoms. The Morgan fingerprint density at radius 2 is 2.12 bits per heavy atom. The van der Waals surface area contributed by atoms with E-state index in [4.69, 9.17) is 9.84 Å². The molecule has 1 N–H and O–H groups in total. The maximum Gasteiger partial charge on any atom is 0.338 e. The average molecular weight is 349 g/mol. The summed E-state index contributed by atoms with van der Waals surface area (Å²) in [5.74, 6) is -0.915. The third kappa shape index (κ3) is 4.17. The lowest BCUT2D eigenvalue weighted by Gasteiger charge is -2.42. The number of carbonyl (C=O) groups excluding carboxylic acids is 2. The molecule has 1 heterocycles. The quantitative estimate of drug-likeness (QED) is 0.440. The molecule has 7 heteroatoms. The van der Waals surface area contributed by atoms with E-state index in [0.29, 0.717) is 17.7 Å². The SMILES string of the molecule is C=CCOC(=O)c1ccc(CS[C@@H]2CC(=O)N2[C@H](C)C(=O)O)cc1. The summed E-state index contributed by atoms with van der Waals surface area (Å²) in [7, 11) is 0. The van der Waals surface area contributed by atoms with E-state index in [-0.39, 0.29) is 17.9 Å². The minimum atomic E-state index is -1.00. The normalized spacial score (nSPS) is 17.8. The maximum atomic E-state index is 11.7. The minimum absolute atomic E-state index is 0.124. The Kier molecular flexibility index (Phi) is 6.03. The van der Waals surface area contributed by atoms with E-state index in [1.165, 1.54) is 29.7 Å². The maximum absolute atomic E-state index is 11.7. The number of amides is 1. The molecule has 0 spiro atoms. The van der Waals surface area contributed by atoms with Crippen molar-refractivity contribution >= 4 is 29.6 Å². The van der Waals surface area contributed by atoms with Crippen molar-refractivity contribution in [1.82, 2.24) is 4.90 Å². The van der Waals surface area contributed by atoms with Crippen molar-refractivity contribution in [3.8, 4) is 0 Å². The molecule has 0 unspecified atom stereocenters. The first-order valence-corrected chi connectivity index (χ1v) is 8.51. The molecule has 0 saturated carbocycles. The first kappa shape index (κ1) is 18.1. The molecule has 1 aliphatic rings. The number of likely N-dealkylation sites (tertiary alicyclic amines) is 1. The molecule has 1 aliphatic heterocycles. The first-order valence-electron chi connectivity index (χ1n) is 7.46. The number of thioether (sulfide) groups is 1. The lowest BCUT2D eigenvalue weighted by Crippen LogP contribution is -2.57. The van der Waals surface area contributed by atoms with Crippen LogP contribution in [0.1, 0.15) is 29.3 Å². The summed E-state index contributed by atoms with van der Waals surface area (Å²) in [6, 6.07) is 6.20. The van der Waals surface area contributed by atoms with Crippen molar-refractivity contribution in [1.29, 1.82) is 0 Å².